The topological polar surface area (TPSA) is 93.4 Å². The number of H-pyrrole nitrogens is 1. The highest BCUT2D eigenvalue weighted by molar-refractivity contribution is 6.08. The molecule has 8 heteroatoms. The molecule has 3 fully saturated rings. The normalized spacial score (nSPS) is 27.4. The number of aromatic amines is 1. The van der Waals surface area contributed by atoms with Crippen LogP contribution in [-0.4, -0.2) is 39.9 Å². The third kappa shape index (κ3) is 3.72. The van der Waals surface area contributed by atoms with Gasteiger partial charge in [0.15, 0.2) is 5.82 Å². The van der Waals surface area contributed by atoms with E-state index in [1.807, 2.05) is 43.4 Å². The molecule has 2 saturated carbocycles. The Balaban J connectivity index is 1.41. The summed E-state index contributed by atoms with van der Waals surface area (Å²) in [5, 5.41) is 5.23. The quantitative estimate of drug-likeness (QED) is 0.374. The first-order chi connectivity index (χ1) is 18.8. The number of benzene rings is 2. The standard InChI is InChI=1S/C31H34N4O4/c1-30(2)18-20(14-15-38-30)19-12-13-25-21(16-19)17-26(27(36)34(3)22-8-5-4-6-9-22)35(25)31(23-10-7-11-24(23)31)28-32-29(37)39-33-28/h4-6,8-9,12-13,16-17,20,23-24H,7,10-11,14-15,18H2,1-3H3,(H,32,33,37)/t20-,23?,24?,31?/m0/s1. The summed E-state index contributed by atoms with van der Waals surface area (Å²) in [6, 6.07) is 18.3. The molecule has 4 aromatic rings. The monoisotopic (exact) mass is 526 g/mol. The lowest BCUT2D eigenvalue weighted by atomic mass is 9.83. The van der Waals surface area contributed by atoms with Gasteiger partial charge in [0.05, 0.1) is 5.60 Å². The number of nitrogens with one attached hydrogen (secondary N) is 1. The number of rotatable bonds is 5. The number of hydrogen-bond donors (Lipinski definition) is 1. The minimum atomic E-state index is -0.600. The summed E-state index contributed by atoms with van der Waals surface area (Å²) >= 11 is 0. The first-order valence-corrected chi connectivity index (χ1v) is 14.0. The Morgan fingerprint density at radius 3 is 2.54 bits per heavy atom. The predicted octanol–water partition coefficient (Wildman–Crippen LogP) is 5.44. The van der Waals surface area contributed by atoms with Crippen LogP contribution in [-0.2, 0) is 10.3 Å². The Bertz CT molecular complexity index is 1600. The number of carbonyl (C=O) groups excluding carboxylic acids is 1. The summed E-state index contributed by atoms with van der Waals surface area (Å²) in [4.78, 5) is 30.9. The Hall–Kier alpha value is -3.65. The van der Waals surface area contributed by atoms with Crippen LogP contribution in [0.4, 0.5) is 5.69 Å². The Kier molecular flexibility index (Phi) is 5.43. The average Bonchev–Trinajstić information content (AvgIpc) is 3.42. The van der Waals surface area contributed by atoms with E-state index in [9.17, 15) is 9.59 Å². The molecule has 2 aliphatic carbocycles. The molecule has 2 unspecified atom stereocenters. The van der Waals surface area contributed by atoms with Crippen molar-refractivity contribution in [1.82, 2.24) is 14.7 Å². The average molecular weight is 527 g/mol. The fourth-order valence-electron chi connectivity index (χ4n) is 7.61. The molecule has 1 amide bonds. The van der Waals surface area contributed by atoms with Crippen LogP contribution in [0, 0.1) is 11.8 Å². The molecule has 0 radical (unpaired) electrons. The largest absolute Gasteiger partial charge is 0.438 e. The molecule has 8 nitrogen and oxygen atoms in total. The van der Waals surface area contributed by atoms with Crippen LogP contribution in [0.3, 0.4) is 0 Å². The second-order valence-corrected chi connectivity index (χ2v) is 12.1. The molecule has 0 bridgehead atoms. The van der Waals surface area contributed by atoms with Crippen LogP contribution in [0.1, 0.15) is 73.7 Å². The SMILES string of the molecule is CN(C(=O)c1cc2cc([C@H]3CCOC(C)(C)C3)ccc2n1C1(c2noc(=O)[nH]2)C2CCCC21)c1ccccc1. The molecule has 2 aromatic carbocycles. The number of hydrogen-bond acceptors (Lipinski definition) is 5. The molecule has 1 N–H and O–H groups in total. The highest BCUT2D eigenvalue weighted by Gasteiger charge is 2.71. The molecule has 202 valence electrons. The van der Waals surface area contributed by atoms with Gasteiger partial charge >= 0.3 is 5.76 Å². The maximum atomic E-state index is 14.2. The van der Waals surface area contributed by atoms with E-state index in [0.29, 0.717) is 29.3 Å². The van der Waals surface area contributed by atoms with Gasteiger partial charge in [0, 0.05) is 30.2 Å². The molecular weight excluding hydrogens is 492 g/mol. The molecule has 1 saturated heterocycles. The fourth-order valence-corrected chi connectivity index (χ4v) is 7.61. The first kappa shape index (κ1) is 24.4. The highest BCUT2D eigenvalue weighted by Crippen LogP contribution is 2.68. The summed E-state index contributed by atoms with van der Waals surface area (Å²) in [6.45, 7) is 5.05. The molecule has 3 atom stereocenters. The van der Waals surface area contributed by atoms with Crippen molar-refractivity contribution in [3.63, 3.8) is 0 Å². The van der Waals surface area contributed by atoms with Gasteiger partial charge in [-0.2, -0.15) is 0 Å². The number of nitrogens with zero attached hydrogens (tertiary/aromatic N) is 3. The van der Waals surface area contributed by atoms with Crippen LogP contribution < -0.4 is 10.7 Å². The van der Waals surface area contributed by atoms with Gasteiger partial charge in [0.25, 0.3) is 5.91 Å². The van der Waals surface area contributed by atoms with Gasteiger partial charge in [0.2, 0.25) is 0 Å². The van der Waals surface area contributed by atoms with Crippen molar-refractivity contribution in [2.45, 2.75) is 63.0 Å². The summed E-state index contributed by atoms with van der Waals surface area (Å²) in [5.41, 5.74) is 2.91. The van der Waals surface area contributed by atoms with Crippen LogP contribution >= 0.6 is 0 Å². The van der Waals surface area contributed by atoms with Crippen molar-refractivity contribution in [2.24, 2.45) is 11.8 Å². The number of ether oxygens (including phenoxy) is 1. The van der Waals surface area contributed by atoms with E-state index in [1.165, 1.54) is 5.56 Å². The van der Waals surface area contributed by atoms with E-state index >= 15 is 0 Å². The number of para-hydroxylation sites is 1. The maximum absolute atomic E-state index is 14.2. The number of amides is 1. The van der Waals surface area contributed by atoms with Crippen molar-refractivity contribution in [3.05, 3.63) is 82.2 Å². The van der Waals surface area contributed by atoms with Crippen LogP contribution in [0.2, 0.25) is 0 Å². The molecule has 3 aliphatic rings. The minimum Gasteiger partial charge on any atom is -0.376 e. The maximum Gasteiger partial charge on any atom is 0.438 e. The van der Waals surface area contributed by atoms with Gasteiger partial charge in [-0.1, -0.05) is 35.8 Å². The molecule has 1 aliphatic heterocycles. The lowest BCUT2D eigenvalue weighted by Gasteiger charge is -2.35. The summed E-state index contributed by atoms with van der Waals surface area (Å²) in [7, 11) is 1.81. The van der Waals surface area contributed by atoms with E-state index in [2.05, 4.69) is 46.8 Å². The van der Waals surface area contributed by atoms with E-state index in [-0.39, 0.29) is 11.5 Å². The van der Waals surface area contributed by atoms with Gasteiger partial charge in [-0.25, -0.2) is 4.79 Å². The second kappa shape index (κ2) is 8.68. The first-order valence-electron chi connectivity index (χ1n) is 14.0. The van der Waals surface area contributed by atoms with Crippen molar-refractivity contribution in [1.29, 1.82) is 0 Å². The number of anilines is 1. The molecule has 39 heavy (non-hydrogen) atoms. The van der Waals surface area contributed by atoms with Gasteiger partial charge in [-0.3, -0.25) is 14.3 Å². The third-order valence-corrected chi connectivity index (χ3v) is 9.39. The Morgan fingerprint density at radius 2 is 1.85 bits per heavy atom. The van der Waals surface area contributed by atoms with E-state index in [1.54, 1.807) is 4.90 Å². The summed E-state index contributed by atoms with van der Waals surface area (Å²) < 4.78 is 13.2. The lowest BCUT2D eigenvalue weighted by Crippen LogP contribution is -2.34. The van der Waals surface area contributed by atoms with E-state index < -0.39 is 11.3 Å². The van der Waals surface area contributed by atoms with Crippen LogP contribution in [0.25, 0.3) is 10.9 Å². The van der Waals surface area contributed by atoms with Gasteiger partial charge in [-0.15, -0.1) is 0 Å². The lowest BCUT2D eigenvalue weighted by molar-refractivity contribution is -0.0592. The van der Waals surface area contributed by atoms with Crippen molar-refractivity contribution >= 4 is 22.5 Å². The molecular formula is C31H34N4O4. The Labute approximate surface area is 226 Å². The Morgan fingerprint density at radius 1 is 1.08 bits per heavy atom. The second-order valence-electron chi connectivity index (χ2n) is 12.1. The van der Waals surface area contributed by atoms with Gasteiger partial charge < -0.3 is 14.2 Å². The summed E-state index contributed by atoms with van der Waals surface area (Å²) in [6.07, 6.45) is 5.12. The van der Waals surface area contributed by atoms with Crippen molar-refractivity contribution in [2.75, 3.05) is 18.6 Å². The third-order valence-electron chi connectivity index (χ3n) is 9.39. The number of aromatic nitrogens is 3. The number of fused-ring (bicyclic) bond motifs is 2. The van der Waals surface area contributed by atoms with Crippen LogP contribution in [0.5, 0.6) is 0 Å². The zero-order valence-electron chi connectivity index (χ0n) is 22.6. The zero-order valence-corrected chi connectivity index (χ0v) is 22.6. The van der Waals surface area contributed by atoms with E-state index in [0.717, 1.165) is 55.3 Å². The van der Waals surface area contributed by atoms with Gasteiger partial charge in [-0.05, 0) is 93.2 Å². The molecule has 2 aromatic heterocycles. The minimum absolute atomic E-state index is 0.0960. The van der Waals surface area contributed by atoms with E-state index in [4.69, 9.17) is 9.26 Å². The molecule has 0 spiro atoms. The van der Waals surface area contributed by atoms with Crippen LogP contribution in [0.15, 0.2) is 63.9 Å². The summed E-state index contributed by atoms with van der Waals surface area (Å²) in [5.74, 6) is 0.836. The predicted molar refractivity (Wildman–Crippen MR) is 148 cm³/mol. The fraction of sp³-hybridized carbons (Fsp3) is 0.452. The molecule has 7 rings (SSSR count). The highest BCUT2D eigenvalue weighted by atomic mass is 16.5. The molecule has 3 heterocycles. The smallest absolute Gasteiger partial charge is 0.376 e. The van der Waals surface area contributed by atoms with Crippen molar-refractivity contribution in [3.8, 4) is 0 Å². The van der Waals surface area contributed by atoms with Gasteiger partial charge in [0.1, 0.15) is 11.2 Å². The van der Waals surface area contributed by atoms with Crippen molar-refractivity contribution < 1.29 is 14.1 Å². The zero-order chi connectivity index (χ0) is 26.9. The number of carbonyl (C=O) groups is 1.